The SMILES string of the molecule is CCN(CC)Cc1ccc(NC(=O)N/N=C/c2ccc(OCc3ccc(Cl)cc3)cc2O)cc1. The van der Waals surface area contributed by atoms with Gasteiger partial charge in [0.05, 0.1) is 6.21 Å². The highest BCUT2D eigenvalue weighted by atomic mass is 35.5. The second-order valence-corrected chi connectivity index (χ2v) is 8.05. The lowest BCUT2D eigenvalue weighted by Gasteiger charge is -2.18. The van der Waals surface area contributed by atoms with Gasteiger partial charge in [-0.15, -0.1) is 0 Å². The van der Waals surface area contributed by atoms with E-state index in [1.165, 1.54) is 17.8 Å². The Morgan fingerprint density at radius 3 is 2.35 bits per heavy atom. The standard InChI is InChI=1S/C26H29ClN4O3/c1-3-31(4-2)17-19-7-12-23(13-8-19)29-26(33)30-28-16-21-9-14-24(15-25(21)32)34-18-20-5-10-22(27)11-6-20/h5-16,32H,3-4,17-18H2,1-2H3,(H2,29,30,33)/b28-16+. The smallest absolute Gasteiger partial charge is 0.339 e. The molecule has 0 heterocycles. The molecule has 0 radical (unpaired) electrons. The summed E-state index contributed by atoms with van der Waals surface area (Å²) in [4.78, 5) is 14.4. The fourth-order valence-electron chi connectivity index (χ4n) is 3.19. The number of amides is 2. The second kappa shape index (κ2) is 12.6. The number of carbonyl (C=O) groups excluding carboxylic acids is 1. The molecular formula is C26H29ClN4O3. The second-order valence-electron chi connectivity index (χ2n) is 7.62. The van der Waals surface area contributed by atoms with Crippen LogP contribution in [-0.2, 0) is 13.2 Å². The Labute approximate surface area is 205 Å². The highest BCUT2D eigenvalue weighted by Crippen LogP contribution is 2.23. The van der Waals surface area contributed by atoms with Crippen molar-refractivity contribution in [1.29, 1.82) is 0 Å². The molecule has 0 bridgehead atoms. The summed E-state index contributed by atoms with van der Waals surface area (Å²) in [6, 6.07) is 19.4. The molecule has 0 spiro atoms. The third-order valence-electron chi connectivity index (χ3n) is 5.20. The van der Waals surface area contributed by atoms with Crippen molar-refractivity contribution < 1.29 is 14.6 Å². The van der Waals surface area contributed by atoms with Gasteiger partial charge in [0.15, 0.2) is 0 Å². The molecule has 0 aromatic heterocycles. The predicted octanol–water partition coefficient (Wildman–Crippen LogP) is 5.62. The molecule has 3 N–H and O–H groups in total. The fraction of sp³-hybridized carbons (Fsp3) is 0.231. The van der Waals surface area contributed by atoms with E-state index in [0.29, 0.717) is 28.6 Å². The lowest BCUT2D eigenvalue weighted by Crippen LogP contribution is -2.24. The van der Waals surface area contributed by atoms with E-state index in [-0.39, 0.29) is 5.75 Å². The average molecular weight is 481 g/mol. The van der Waals surface area contributed by atoms with E-state index >= 15 is 0 Å². The fourth-order valence-corrected chi connectivity index (χ4v) is 3.31. The maximum Gasteiger partial charge on any atom is 0.339 e. The van der Waals surface area contributed by atoms with Gasteiger partial charge < -0.3 is 15.2 Å². The van der Waals surface area contributed by atoms with Crippen molar-refractivity contribution in [3.05, 3.63) is 88.4 Å². The van der Waals surface area contributed by atoms with Crippen LogP contribution in [-0.4, -0.2) is 35.3 Å². The van der Waals surface area contributed by atoms with Gasteiger partial charge in [-0.3, -0.25) is 4.90 Å². The normalized spacial score (nSPS) is 11.1. The number of nitrogens with zero attached hydrogens (tertiary/aromatic N) is 2. The van der Waals surface area contributed by atoms with Crippen LogP contribution in [0.4, 0.5) is 10.5 Å². The number of hydrogen-bond acceptors (Lipinski definition) is 5. The number of anilines is 1. The van der Waals surface area contributed by atoms with Crippen molar-refractivity contribution >= 4 is 29.5 Å². The van der Waals surface area contributed by atoms with E-state index in [9.17, 15) is 9.90 Å². The molecule has 0 aliphatic heterocycles. The van der Waals surface area contributed by atoms with E-state index in [4.69, 9.17) is 16.3 Å². The molecular weight excluding hydrogens is 452 g/mol. The van der Waals surface area contributed by atoms with Gasteiger partial charge in [-0.1, -0.05) is 49.7 Å². The molecule has 0 saturated carbocycles. The van der Waals surface area contributed by atoms with Crippen molar-refractivity contribution in [3.63, 3.8) is 0 Å². The zero-order chi connectivity index (χ0) is 24.3. The Hall–Kier alpha value is -3.55. The Balaban J connectivity index is 1.47. The van der Waals surface area contributed by atoms with Crippen LogP contribution in [0.25, 0.3) is 0 Å². The van der Waals surface area contributed by atoms with Crippen LogP contribution >= 0.6 is 11.6 Å². The summed E-state index contributed by atoms with van der Waals surface area (Å²) in [7, 11) is 0. The van der Waals surface area contributed by atoms with E-state index in [2.05, 4.69) is 34.6 Å². The van der Waals surface area contributed by atoms with Gasteiger partial charge >= 0.3 is 6.03 Å². The number of ether oxygens (including phenoxy) is 1. The van der Waals surface area contributed by atoms with Crippen molar-refractivity contribution in [3.8, 4) is 11.5 Å². The summed E-state index contributed by atoms with van der Waals surface area (Å²) in [5, 5.41) is 17.5. The van der Waals surface area contributed by atoms with Crippen LogP contribution in [0.3, 0.4) is 0 Å². The Kier molecular flexibility index (Phi) is 9.31. The number of halogens is 1. The molecule has 3 aromatic rings. The molecule has 0 unspecified atom stereocenters. The minimum atomic E-state index is -0.477. The van der Waals surface area contributed by atoms with E-state index in [1.54, 1.807) is 24.3 Å². The number of hydrogen-bond donors (Lipinski definition) is 3. The molecule has 0 aliphatic carbocycles. The Morgan fingerprint density at radius 2 is 1.71 bits per heavy atom. The Bertz CT molecular complexity index is 1100. The summed E-state index contributed by atoms with van der Waals surface area (Å²) < 4.78 is 5.69. The number of phenolic OH excluding ortho intramolecular Hbond substituents is 1. The molecule has 34 heavy (non-hydrogen) atoms. The molecule has 3 aromatic carbocycles. The minimum Gasteiger partial charge on any atom is -0.507 e. The zero-order valence-electron chi connectivity index (χ0n) is 19.3. The largest absolute Gasteiger partial charge is 0.507 e. The number of nitrogens with one attached hydrogen (secondary N) is 2. The first-order valence-electron chi connectivity index (χ1n) is 11.1. The summed E-state index contributed by atoms with van der Waals surface area (Å²) >= 11 is 5.88. The number of urea groups is 1. The first-order valence-corrected chi connectivity index (χ1v) is 11.5. The molecule has 3 rings (SSSR count). The monoisotopic (exact) mass is 480 g/mol. The number of benzene rings is 3. The van der Waals surface area contributed by atoms with Crippen LogP contribution in [0, 0.1) is 0 Å². The number of rotatable bonds is 10. The van der Waals surface area contributed by atoms with Crippen LogP contribution in [0.2, 0.25) is 5.02 Å². The first kappa shape index (κ1) is 25.1. The van der Waals surface area contributed by atoms with Gasteiger partial charge in [-0.05, 0) is 60.6 Å². The molecule has 178 valence electrons. The molecule has 8 heteroatoms. The van der Waals surface area contributed by atoms with Gasteiger partial charge in [-0.25, -0.2) is 10.2 Å². The number of carbonyl (C=O) groups is 1. The summed E-state index contributed by atoms with van der Waals surface area (Å²) in [6.07, 6.45) is 1.37. The van der Waals surface area contributed by atoms with E-state index < -0.39 is 6.03 Å². The van der Waals surface area contributed by atoms with Crippen molar-refractivity contribution in [1.82, 2.24) is 10.3 Å². The maximum absolute atomic E-state index is 12.1. The topological polar surface area (TPSA) is 86.2 Å². The van der Waals surface area contributed by atoms with Crippen LogP contribution in [0.15, 0.2) is 71.8 Å². The molecule has 2 amide bonds. The van der Waals surface area contributed by atoms with Gasteiger partial charge in [0.25, 0.3) is 0 Å². The van der Waals surface area contributed by atoms with Crippen LogP contribution in [0.5, 0.6) is 11.5 Å². The summed E-state index contributed by atoms with van der Waals surface area (Å²) in [6.45, 7) is 7.47. The molecule has 0 aliphatic rings. The first-order chi connectivity index (χ1) is 16.5. The number of phenols is 1. The zero-order valence-corrected chi connectivity index (χ0v) is 20.0. The van der Waals surface area contributed by atoms with Gasteiger partial charge in [0.2, 0.25) is 0 Å². The third kappa shape index (κ3) is 7.79. The van der Waals surface area contributed by atoms with Gasteiger partial charge in [0, 0.05) is 28.9 Å². The van der Waals surface area contributed by atoms with E-state index in [1.807, 2.05) is 36.4 Å². The molecule has 7 nitrogen and oxygen atoms in total. The molecule has 0 atom stereocenters. The maximum atomic E-state index is 12.1. The predicted molar refractivity (Wildman–Crippen MR) is 137 cm³/mol. The van der Waals surface area contributed by atoms with Crippen LogP contribution < -0.4 is 15.5 Å². The quantitative estimate of drug-likeness (QED) is 0.259. The van der Waals surface area contributed by atoms with Crippen molar-refractivity contribution in [2.45, 2.75) is 27.0 Å². The average Bonchev–Trinajstić information content (AvgIpc) is 2.84. The van der Waals surface area contributed by atoms with Gasteiger partial charge in [0.1, 0.15) is 18.1 Å². The van der Waals surface area contributed by atoms with Crippen LogP contribution in [0.1, 0.15) is 30.5 Å². The van der Waals surface area contributed by atoms with Crippen molar-refractivity contribution in [2.75, 3.05) is 18.4 Å². The molecule has 0 fully saturated rings. The number of aromatic hydroxyl groups is 1. The summed E-state index contributed by atoms with van der Waals surface area (Å²) in [5.74, 6) is 0.503. The Morgan fingerprint density at radius 1 is 1.03 bits per heavy atom. The van der Waals surface area contributed by atoms with Gasteiger partial charge in [-0.2, -0.15) is 5.10 Å². The lowest BCUT2D eigenvalue weighted by molar-refractivity contribution is 0.252. The highest BCUT2D eigenvalue weighted by molar-refractivity contribution is 6.30. The summed E-state index contributed by atoms with van der Waals surface area (Å²) in [5.41, 5.74) is 5.65. The van der Waals surface area contributed by atoms with E-state index in [0.717, 1.165) is 25.2 Å². The number of hydrazone groups is 1. The third-order valence-corrected chi connectivity index (χ3v) is 5.45. The lowest BCUT2D eigenvalue weighted by atomic mass is 10.2. The minimum absolute atomic E-state index is 0.0108. The molecule has 0 saturated heterocycles. The van der Waals surface area contributed by atoms with Crippen molar-refractivity contribution in [2.24, 2.45) is 5.10 Å². The highest BCUT2D eigenvalue weighted by Gasteiger charge is 2.05.